The molecule has 1 fully saturated rings. The lowest BCUT2D eigenvalue weighted by Crippen LogP contribution is -2.28. The van der Waals surface area contributed by atoms with Crippen LogP contribution < -0.4 is 14.4 Å². The van der Waals surface area contributed by atoms with Gasteiger partial charge in [-0.15, -0.1) is 11.3 Å². The molecule has 0 spiro atoms. The molecule has 5 rings (SSSR count). The summed E-state index contributed by atoms with van der Waals surface area (Å²) >= 11 is 8.52. The maximum Gasteiger partial charge on any atom is 0.301 e. The highest BCUT2D eigenvalue weighted by Gasteiger charge is 2.49. The van der Waals surface area contributed by atoms with Crippen LogP contribution in [-0.2, 0) is 9.59 Å². The summed E-state index contributed by atoms with van der Waals surface area (Å²) in [6.07, 6.45) is 0. The average Bonchev–Trinajstić information content (AvgIpc) is 3.61. The number of methoxy groups -OCH3 is 2. The number of ether oxygens (including phenoxy) is 2. The number of benzene rings is 2. The Kier molecular flexibility index (Phi) is 6.31. The van der Waals surface area contributed by atoms with Crippen molar-refractivity contribution in [1.82, 2.24) is 4.98 Å². The van der Waals surface area contributed by atoms with E-state index in [-0.39, 0.29) is 38.5 Å². The number of amides is 1. The number of hydrogen-bond donors (Lipinski definition) is 1. The third kappa shape index (κ3) is 4.08. The van der Waals surface area contributed by atoms with Crippen LogP contribution in [0.25, 0.3) is 16.0 Å². The minimum Gasteiger partial charge on any atom is -0.507 e. The second-order valence-electron chi connectivity index (χ2n) is 7.78. The largest absolute Gasteiger partial charge is 0.507 e. The first-order valence-electron chi connectivity index (χ1n) is 10.6. The van der Waals surface area contributed by atoms with Crippen LogP contribution in [0.5, 0.6) is 11.5 Å². The first-order valence-corrected chi connectivity index (χ1v) is 12.6. The van der Waals surface area contributed by atoms with Gasteiger partial charge in [-0.2, -0.15) is 0 Å². The first-order chi connectivity index (χ1) is 17.7. The van der Waals surface area contributed by atoms with Gasteiger partial charge in [0.15, 0.2) is 5.13 Å². The summed E-state index contributed by atoms with van der Waals surface area (Å²) in [6, 6.07) is 9.51. The standard InChI is InChI=1S/C24H16ClN3O7S2/c1-34-15-10-13(25)16(35-2)9-12(15)21(29)19-20(17-4-3-7-36-17)27(23(31)22(19)30)24-26-14-6-5-11(28(32)33)8-18(14)37-24/h3-10,20,29H,1-2H3/b21-19+. The Morgan fingerprint density at radius 1 is 1.16 bits per heavy atom. The fraction of sp³-hybridized carbons (Fsp3) is 0.125. The summed E-state index contributed by atoms with van der Waals surface area (Å²) in [5.74, 6) is -1.88. The quantitative estimate of drug-likeness (QED) is 0.107. The van der Waals surface area contributed by atoms with Crippen molar-refractivity contribution in [2.24, 2.45) is 0 Å². The number of thiazole rings is 1. The molecule has 2 aromatic carbocycles. The number of Topliss-reactive ketones (excluding diaryl/α,β-unsaturated/α-hetero) is 1. The second-order valence-corrected chi connectivity index (χ2v) is 10.2. The van der Waals surface area contributed by atoms with E-state index < -0.39 is 28.4 Å². The molecular weight excluding hydrogens is 542 g/mol. The van der Waals surface area contributed by atoms with Crippen molar-refractivity contribution in [1.29, 1.82) is 0 Å². The van der Waals surface area contributed by atoms with Crippen LogP contribution in [0.15, 0.2) is 53.4 Å². The minimum absolute atomic E-state index is 0.114. The SMILES string of the molecule is COc1cc(/C(O)=C2\C(=O)C(=O)N(c3nc4ccc([N+](=O)[O-])cc4s3)C2c2cccs2)c(OC)cc1Cl. The van der Waals surface area contributed by atoms with Crippen molar-refractivity contribution < 1.29 is 29.1 Å². The van der Waals surface area contributed by atoms with Crippen LogP contribution >= 0.6 is 34.3 Å². The number of nitro groups is 1. The number of ketones is 1. The van der Waals surface area contributed by atoms with Gasteiger partial charge < -0.3 is 14.6 Å². The molecule has 1 saturated heterocycles. The van der Waals surface area contributed by atoms with Crippen LogP contribution in [0.2, 0.25) is 5.02 Å². The highest BCUT2D eigenvalue weighted by Crippen LogP contribution is 2.47. The number of aliphatic hydroxyl groups is 1. The van der Waals surface area contributed by atoms with E-state index in [0.29, 0.717) is 15.1 Å². The van der Waals surface area contributed by atoms with Gasteiger partial charge in [0, 0.05) is 23.1 Å². The number of non-ortho nitro benzene ring substituents is 1. The fourth-order valence-corrected chi connectivity index (χ4v) is 6.13. The van der Waals surface area contributed by atoms with Gasteiger partial charge in [-0.05, 0) is 23.6 Å². The Labute approximate surface area is 222 Å². The third-order valence-corrected chi connectivity index (χ3v) is 8.00. The monoisotopic (exact) mass is 557 g/mol. The molecule has 1 atom stereocenters. The predicted octanol–water partition coefficient (Wildman–Crippen LogP) is 5.56. The van der Waals surface area contributed by atoms with Crippen molar-refractivity contribution in [3.63, 3.8) is 0 Å². The van der Waals surface area contributed by atoms with Gasteiger partial charge in [0.1, 0.15) is 23.3 Å². The molecule has 2 aromatic heterocycles. The molecule has 3 heterocycles. The molecule has 188 valence electrons. The summed E-state index contributed by atoms with van der Waals surface area (Å²) in [5, 5.41) is 24.8. The summed E-state index contributed by atoms with van der Waals surface area (Å²) < 4.78 is 11.1. The predicted molar refractivity (Wildman–Crippen MR) is 140 cm³/mol. The number of nitro benzene ring substituents is 1. The zero-order valence-electron chi connectivity index (χ0n) is 19.1. The Balaban J connectivity index is 1.72. The normalized spacial score (nSPS) is 16.9. The highest BCUT2D eigenvalue weighted by atomic mass is 35.5. The van der Waals surface area contributed by atoms with Crippen molar-refractivity contribution in [3.8, 4) is 11.5 Å². The zero-order valence-corrected chi connectivity index (χ0v) is 21.5. The Morgan fingerprint density at radius 2 is 1.92 bits per heavy atom. The second kappa shape index (κ2) is 9.47. The molecule has 37 heavy (non-hydrogen) atoms. The van der Waals surface area contributed by atoms with Crippen LogP contribution in [0.4, 0.5) is 10.8 Å². The van der Waals surface area contributed by atoms with E-state index in [1.807, 2.05) is 0 Å². The zero-order chi connectivity index (χ0) is 26.4. The minimum atomic E-state index is -0.998. The number of nitrogens with zero attached hydrogens (tertiary/aromatic N) is 3. The van der Waals surface area contributed by atoms with E-state index in [9.17, 15) is 24.8 Å². The van der Waals surface area contributed by atoms with Crippen LogP contribution in [0.3, 0.4) is 0 Å². The fourth-order valence-electron chi connectivity index (χ4n) is 4.05. The number of carbonyl (C=O) groups is 2. The number of halogens is 1. The number of hydrogen-bond acceptors (Lipinski definition) is 10. The van der Waals surface area contributed by atoms with E-state index in [1.54, 1.807) is 17.5 Å². The van der Waals surface area contributed by atoms with Crippen molar-refractivity contribution in [2.75, 3.05) is 19.1 Å². The number of fused-ring (bicyclic) bond motifs is 1. The number of anilines is 1. The molecule has 1 aliphatic rings. The molecule has 10 nitrogen and oxygen atoms in total. The number of thiophene rings is 1. The molecule has 4 aromatic rings. The van der Waals surface area contributed by atoms with Gasteiger partial charge in [-0.1, -0.05) is 29.0 Å². The first kappa shape index (κ1) is 24.7. The van der Waals surface area contributed by atoms with Gasteiger partial charge in [-0.3, -0.25) is 24.6 Å². The Bertz CT molecular complexity index is 1610. The summed E-state index contributed by atoms with van der Waals surface area (Å²) in [7, 11) is 2.78. The van der Waals surface area contributed by atoms with Crippen LogP contribution in [-0.4, -0.2) is 40.9 Å². The number of aliphatic hydroxyl groups excluding tert-OH is 1. The topological polar surface area (TPSA) is 132 Å². The lowest BCUT2D eigenvalue weighted by atomic mass is 9.99. The van der Waals surface area contributed by atoms with E-state index in [0.717, 1.165) is 11.3 Å². The number of carbonyl (C=O) groups excluding carboxylic acids is 2. The lowest BCUT2D eigenvalue weighted by Gasteiger charge is -2.21. The third-order valence-electron chi connectivity index (χ3n) is 5.76. The molecule has 0 aliphatic carbocycles. The van der Waals surface area contributed by atoms with Crippen molar-refractivity contribution in [3.05, 3.63) is 79.0 Å². The smallest absolute Gasteiger partial charge is 0.301 e. The van der Waals surface area contributed by atoms with E-state index in [4.69, 9.17) is 21.1 Å². The summed E-state index contributed by atoms with van der Waals surface area (Å²) in [6.45, 7) is 0. The molecule has 0 radical (unpaired) electrons. The number of rotatable bonds is 6. The van der Waals surface area contributed by atoms with E-state index in [1.165, 1.54) is 60.8 Å². The van der Waals surface area contributed by atoms with Crippen LogP contribution in [0, 0.1) is 10.1 Å². The van der Waals surface area contributed by atoms with Gasteiger partial charge in [0.05, 0.1) is 45.5 Å². The summed E-state index contributed by atoms with van der Waals surface area (Å²) in [5.41, 5.74) is 0.258. The molecule has 0 saturated carbocycles. The summed E-state index contributed by atoms with van der Waals surface area (Å²) in [4.78, 5) is 43.7. The van der Waals surface area contributed by atoms with E-state index >= 15 is 0 Å². The maximum absolute atomic E-state index is 13.4. The number of aromatic nitrogens is 1. The Hall–Kier alpha value is -4.00. The van der Waals surface area contributed by atoms with Crippen LogP contribution in [0.1, 0.15) is 16.5 Å². The van der Waals surface area contributed by atoms with Gasteiger partial charge in [0.25, 0.3) is 11.5 Å². The lowest BCUT2D eigenvalue weighted by molar-refractivity contribution is -0.384. The van der Waals surface area contributed by atoms with Gasteiger partial charge in [-0.25, -0.2) is 4.98 Å². The molecule has 1 N–H and O–H groups in total. The van der Waals surface area contributed by atoms with Gasteiger partial charge >= 0.3 is 5.91 Å². The molecule has 1 aliphatic heterocycles. The maximum atomic E-state index is 13.4. The Morgan fingerprint density at radius 3 is 2.57 bits per heavy atom. The average molecular weight is 558 g/mol. The molecule has 1 amide bonds. The van der Waals surface area contributed by atoms with E-state index in [2.05, 4.69) is 4.98 Å². The van der Waals surface area contributed by atoms with Gasteiger partial charge in [0.2, 0.25) is 0 Å². The molecule has 0 bridgehead atoms. The van der Waals surface area contributed by atoms with Crippen molar-refractivity contribution >= 4 is 72.8 Å². The highest BCUT2D eigenvalue weighted by molar-refractivity contribution is 7.22. The molecule has 1 unspecified atom stereocenters. The molecular formula is C24H16ClN3O7S2. The van der Waals surface area contributed by atoms with Crippen molar-refractivity contribution in [2.45, 2.75) is 6.04 Å². The molecule has 13 heteroatoms.